The number of aromatic nitrogens is 4. The summed E-state index contributed by atoms with van der Waals surface area (Å²) in [5.74, 6) is 1.76. The molecule has 0 radical (unpaired) electrons. The van der Waals surface area contributed by atoms with E-state index in [0.29, 0.717) is 23.2 Å². The SMILES string of the molecule is Cc1cc(NC(=O)[C@@H](C)Sc2nnc(Cc3ccccc3)n2C)no1. The van der Waals surface area contributed by atoms with Crippen LogP contribution in [0.1, 0.15) is 24.1 Å². The van der Waals surface area contributed by atoms with E-state index < -0.39 is 0 Å². The highest BCUT2D eigenvalue weighted by Gasteiger charge is 2.20. The van der Waals surface area contributed by atoms with Crippen LogP contribution in [0, 0.1) is 6.92 Å². The normalized spacial score (nSPS) is 12.1. The van der Waals surface area contributed by atoms with E-state index in [-0.39, 0.29) is 11.2 Å². The molecule has 130 valence electrons. The molecule has 25 heavy (non-hydrogen) atoms. The summed E-state index contributed by atoms with van der Waals surface area (Å²) in [5.41, 5.74) is 1.17. The summed E-state index contributed by atoms with van der Waals surface area (Å²) in [5, 5.41) is 15.3. The van der Waals surface area contributed by atoms with Gasteiger partial charge in [-0.15, -0.1) is 10.2 Å². The summed E-state index contributed by atoms with van der Waals surface area (Å²) in [6.07, 6.45) is 0.698. The Labute approximate surface area is 149 Å². The summed E-state index contributed by atoms with van der Waals surface area (Å²) in [4.78, 5) is 12.3. The fourth-order valence-electron chi connectivity index (χ4n) is 2.24. The number of hydrogen-bond acceptors (Lipinski definition) is 6. The number of thioether (sulfide) groups is 1. The summed E-state index contributed by atoms with van der Waals surface area (Å²) in [6.45, 7) is 3.59. The van der Waals surface area contributed by atoms with Crippen LogP contribution in [-0.2, 0) is 18.3 Å². The van der Waals surface area contributed by atoms with E-state index >= 15 is 0 Å². The van der Waals surface area contributed by atoms with Crippen molar-refractivity contribution in [2.45, 2.75) is 30.7 Å². The largest absolute Gasteiger partial charge is 0.360 e. The third-order valence-electron chi connectivity index (χ3n) is 3.66. The quantitative estimate of drug-likeness (QED) is 0.683. The van der Waals surface area contributed by atoms with Gasteiger partial charge in [0, 0.05) is 19.5 Å². The van der Waals surface area contributed by atoms with Crippen LogP contribution in [0.3, 0.4) is 0 Å². The second-order valence-electron chi connectivity index (χ2n) is 5.69. The van der Waals surface area contributed by atoms with E-state index in [4.69, 9.17) is 4.52 Å². The Morgan fingerprint density at radius 1 is 1.32 bits per heavy atom. The van der Waals surface area contributed by atoms with Crippen LogP contribution in [0.25, 0.3) is 0 Å². The Hall–Kier alpha value is -2.61. The van der Waals surface area contributed by atoms with E-state index in [0.717, 1.165) is 5.82 Å². The molecule has 3 aromatic rings. The molecule has 0 saturated carbocycles. The molecule has 2 aromatic heterocycles. The molecular formula is C17H19N5O2S. The molecule has 1 amide bonds. The number of nitrogens with zero attached hydrogens (tertiary/aromatic N) is 4. The molecule has 0 aliphatic heterocycles. The van der Waals surface area contributed by atoms with Crippen LogP contribution in [0.15, 0.2) is 46.1 Å². The highest BCUT2D eigenvalue weighted by molar-refractivity contribution is 8.00. The van der Waals surface area contributed by atoms with Gasteiger partial charge < -0.3 is 14.4 Å². The topological polar surface area (TPSA) is 85.8 Å². The number of benzene rings is 1. The summed E-state index contributed by atoms with van der Waals surface area (Å²) in [7, 11) is 1.91. The number of carbonyl (C=O) groups excluding carboxylic acids is 1. The molecule has 2 heterocycles. The van der Waals surface area contributed by atoms with E-state index in [1.54, 1.807) is 13.0 Å². The minimum atomic E-state index is -0.343. The van der Waals surface area contributed by atoms with E-state index in [9.17, 15) is 4.79 Å². The van der Waals surface area contributed by atoms with Gasteiger partial charge in [0.1, 0.15) is 11.6 Å². The van der Waals surface area contributed by atoms with Gasteiger partial charge in [-0.1, -0.05) is 47.3 Å². The molecule has 0 saturated heterocycles. The molecule has 0 bridgehead atoms. The average molecular weight is 357 g/mol. The first-order valence-corrected chi connectivity index (χ1v) is 8.74. The number of anilines is 1. The van der Waals surface area contributed by atoms with E-state index in [1.165, 1.54) is 17.3 Å². The molecule has 8 heteroatoms. The molecule has 0 spiro atoms. The van der Waals surface area contributed by atoms with Crippen LogP contribution < -0.4 is 5.32 Å². The monoisotopic (exact) mass is 357 g/mol. The van der Waals surface area contributed by atoms with Gasteiger partial charge in [0.15, 0.2) is 11.0 Å². The van der Waals surface area contributed by atoms with Gasteiger partial charge in [-0.25, -0.2) is 0 Å². The van der Waals surface area contributed by atoms with Gasteiger partial charge in [-0.05, 0) is 19.4 Å². The summed E-state index contributed by atoms with van der Waals surface area (Å²) in [6, 6.07) is 11.8. The number of hydrogen-bond donors (Lipinski definition) is 1. The van der Waals surface area contributed by atoms with Crippen LogP contribution in [0.5, 0.6) is 0 Å². The van der Waals surface area contributed by atoms with Crippen LogP contribution in [0.4, 0.5) is 5.82 Å². The molecule has 3 rings (SSSR count). The number of amides is 1. The fraction of sp³-hybridized carbons (Fsp3) is 0.294. The molecule has 1 atom stereocenters. The first kappa shape index (κ1) is 17.2. The lowest BCUT2D eigenvalue weighted by Gasteiger charge is -2.10. The average Bonchev–Trinajstić information content (AvgIpc) is 3.16. The highest BCUT2D eigenvalue weighted by Crippen LogP contribution is 2.23. The van der Waals surface area contributed by atoms with Crippen molar-refractivity contribution in [1.82, 2.24) is 19.9 Å². The maximum Gasteiger partial charge on any atom is 0.238 e. The van der Waals surface area contributed by atoms with Gasteiger partial charge in [-0.3, -0.25) is 4.79 Å². The zero-order valence-electron chi connectivity index (χ0n) is 14.3. The Morgan fingerprint density at radius 2 is 2.08 bits per heavy atom. The van der Waals surface area contributed by atoms with Crippen LogP contribution in [0.2, 0.25) is 0 Å². The maximum absolute atomic E-state index is 12.3. The van der Waals surface area contributed by atoms with E-state index in [2.05, 4.69) is 32.8 Å². The Morgan fingerprint density at radius 3 is 2.76 bits per heavy atom. The summed E-state index contributed by atoms with van der Waals surface area (Å²) < 4.78 is 6.86. The predicted octanol–water partition coefficient (Wildman–Crippen LogP) is 2.82. The summed E-state index contributed by atoms with van der Waals surface area (Å²) >= 11 is 1.35. The number of nitrogens with one attached hydrogen (secondary N) is 1. The molecule has 0 aliphatic rings. The Kier molecular flexibility index (Phi) is 5.18. The van der Waals surface area contributed by atoms with Crippen molar-refractivity contribution < 1.29 is 9.32 Å². The Balaban J connectivity index is 1.63. The minimum Gasteiger partial charge on any atom is -0.360 e. The Bertz CT molecular complexity index is 859. The second-order valence-corrected chi connectivity index (χ2v) is 7.00. The van der Waals surface area contributed by atoms with Crippen molar-refractivity contribution >= 4 is 23.5 Å². The van der Waals surface area contributed by atoms with Gasteiger partial charge in [0.05, 0.1) is 5.25 Å². The number of aryl methyl sites for hydroxylation is 1. The number of rotatable bonds is 6. The van der Waals surface area contributed by atoms with Gasteiger partial charge in [0.25, 0.3) is 0 Å². The zero-order valence-corrected chi connectivity index (χ0v) is 15.1. The first-order chi connectivity index (χ1) is 12.0. The van der Waals surface area contributed by atoms with Gasteiger partial charge in [-0.2, -0.15) is 0 Å². The molecule has 1 N–H and O–H groups in total. The lowest BCUT2D eigenvalue weighted by Crippen LogP contribution is -2.23. The fourth-order valence-corrected chi connectivity index (χ4v) is 3.08. The third-order valence-corrected chi connectivity index (χ3v) is 4.79. The lowest BCUT2D eigenvalue weighted by molar-refractivity contribution is -0.115. The minimum absolute atomic E-state index is 0.161. The molecule has 7 nitrogen and oxygen atoms in total. The van der Waals surface area contributed by atoms with E-state index in [1.807, 2.05) is 36.7 Å². The van der Waals surface area contributed by atoms with Crippen molar-refractivity contribution in [3.05, 3.63) is 53.5 Å². The number of carbonyl (C=O) groups is 1. The van der Waals surface area contributed by atoms with Gasteiger partial charge in [0.2, 0.25) is 5.91 Å². The van der Waals surface area contributed by atoms with Crippen molar-refractivity contribution in [2.24, 2.45) is 7.05 Å². The molecule has 0 unspecified atom stereocenters. The third kappa shape index (κ3) is 4.27. The molecule has 0 fully saturated rings. The van der Waals surface area contributed by atoms with Crippen molar-refractivity contribution in [1.29, 1.82) is 0 Å². The predicted molar refractivity (Wildman–Crippen MR) is 95.4 cm³/mol. The standard InChI is InChI=1S/C17H19N5O2S/c1-11-9-14(21-24-11)18-16(23)12(2)25-17-20-19-15(22(17)3)10-13-7-5-4-6-8-13/h4-9,12H,10H2,1-3H3,(H,18,21,23)/t12-/m1/s1. The smallest absolute Gasteiger partial charge is 0.238 e. The van der Waals surface area contributed by atoms with Crippen LogP contribution in [-0.4, -0.2) is 31.1 Å². The van der Waals surface area contributed by atoms with Crippen LogP contribution >= 0.6 is 11.8 Å². The van der Waals surface area contributed by atoms with Crippen molar-refractivity contribution in [3.8, 4) is 0 Å². The lowest BCUT2D eigenvalue weighted by atomic mass is 10.1. The maximum atomic E-state index is 12.3. The van der Waals surface area contributed by atoms with Crippen molar-refractivity contribution in [3.63, 3.8) is 0 Å². The molecule has 1 aromatic carbocycles. The second kappa shape index (κ2) is 7.52. The van der Waals surface area contributed by atoms with Crippen molar-refractivity contribution in [2.75, 3.05) is 5.32 Å². The zero-order chi connectivity index (χ0) is 17.8. The molecular weight excluding hydrogens is 338 g/mol. The highest BCUT2D eigenvalue weighted by atomic mass is 32.2. The van der Waals surface area contributed by atoms with Gasteiger partial charge >= 0.3 is 0 Å². The molecule has 0 aliphatic carbocycles. The first-order valence-electron chi connectivity index (χ1n) is 7.86.